The minimum Gasteiger partial charge on any atom is -0.457 e. The third kappa shape index (κ3) is 3.24. The number of non-ortho nitro benzene ring substituents is 1. The minimum absolute atomic E-state index is 0.0407. The molecule has 0 heterocycles. The van der Waals surface area contributed by atoms with E-state index in [-0.39, 0.29) is 12.3 Å². The van der Waals surface area contributed by atoms with Crippen LogP contribution in [0.3, 0.4) is 0 Å². The molecule has 0 spiro atoms. The van der Waals surface area contributed by atoms with E-state index in [1.165, 1.54) is 12.1 Å². The highest BCUT2D eigenvalue weighted by atomic mass is 16.6. The molecule has 20 heavy (non-hydrogen) atoms. The molecule has 0 aliphatic heterocycles. The molecule has 0 unspecified atom stereocenters. The predicted molar refractivity (Wildman–Crippen MR) is 75.1 cm³/mol. The predicted octanol–water partition coefficient (Wildman–Crippen LogP) is 2.92. The Bertz CT molecular complexity index is 611. The van der Waals surface area contributed by atoms with Gasteiger partial charge in [-0.3, -0.25) is 10.1 Å². The first-order valence-corrected chi connectivity index (χ1v) is 5.97. The third-order valence-corrected chi connectivity index (χ3v) is 2.73. The second kappa shape index (κ2) is 6.03. The first-order valence-electron chi connectivity index (χ1n) is 5.97. The molecule has 0 aliphatic rings. The lowest BCUT2D eigenvalue weighted by atomic mass is 10.2. The van der Waals surface area contributed by atoms with Crippen LogP contribution < -0.4 is 10.1 Å². The van der Waals surface area contributed by atoms with Crippen molar-refractivity contribution >= 4 is 11.4 Å². The van der Waals surface area contributed by atoms with Crippen molar-refractivity contribution in [3.8, 4) is 11.5 Å². The van der Waals surface area contributed by atoms with Crippen molar-refractivity contribution in [1.29, 1.82) is 0 Å². The Balaban J connectivity index is 2.27. The molecule has 0 saturated heterocycles. The van der Waals surface area contributed by atoms with Gasteiger partial charge >= 0.3 is 0 Å². The number of hydrogen-bond acceptors (Lipinski definition) is 5. The van der Waals surface area contributed by atoms with Crippen LogP contribution in [0.5, 0.6) is 11.5 Å². The number of nitrogens with zero attached hydrogens (tertiary/aromatic N) is 1. The number of ether oxygens (including phenoxy) is 1. The van der Waals surface area contributed by atoms with Crippen molar-refractivity contribution in [1.82, 2.24) is 0 Å². The lowest BCUT2D eigenvalue weighted by molar-refractivity contribution is -0.384. The van der Waals surface area contributed by atoms with Gasteiger partial charge in [0.2, 0.25) is 0 Å². The Morgan fingerprint density at radius 2 is 1.90 bits per heavy atom. The summed E-state index contributed by atoms with van der Waals surface area (Å²) in [5.74, 6) is 0.921. The molecule has 104 valence electrons. The highest BCUT2D eigenvalue weighted by Gasteiger charge is 2.10. The number of benzene rings is 2. The number of nitrogens with one attached hydrogen (secondary N) is 1. The zero-order valence-electron chi connectivity index (χ0n) is 10.9. The Hall–Kier alpha value is -2.60. The molecule has 6 heteroatoms. The van der Waals surface area contributed by atoms with E-state index in [0.29, 0.717) is 17.2 Å². The molecular weight excluding hydrogens is 260 g/mol. The molecular formula is C14H14N2O4. The molecule has 2 aromatic carbocycles. The summed E-state index contributed by atoms with van der Waals surface area (Å²) in [5, 5.41) is 22.7. The van der Waals surface area contributed by atoms with E-state index in [1.807, 2.05) is 0 Å². The summed E-state index contributed by atoms with van der Waals surface area (Å²) in [6.45, 7) is -0.0407. The summed E-state index contributed by atoms with van der Waals surface area (Å²) < 4.78 is 5.59. The second-order valence-corrected chi connectivity index (χ2v) is 4.13. The van der Waals surface area contributed by atoms with E-state index in [0.717, 1.165) is 5.56 Å². The molecule has 2 aromatic rings. The van der Waals surface area contributed by atoms with E-state index >= 15 is 0 Å². The summed E-state index contributed by atoms with van der Waals surface area (Å²) in [6, 6.07) is 11.3. The summed E-state index contributed by atoms with van der Waals surface area (Å²) in [5.41, 5.74) is 1.33. The van der Waals surface area contributed by atoms with E-state index in [9.17, 15) is 10.1 Å². The van der Waals surface area contributed by atoms with Crippen molar-refractivity contribution in [2.45, 2.75) is 6.61 Å². The van der Waals surface area contributed by atoms with Gasteiger partial charge in [0.25, 0.3) is 5.69 Å². The topological polar surface area (TPSA) is 84.6 Å². The SMILES string of the molecule is CNc1cc(Oc2ccc(CO)cc2)cc([N+](=O)[O-])c1. The van der Waals surface area contributed by atoms with Gasteiger partial charge in [0, 0.05) is 24.9 Å². The molecule has 2 N–H and O–H groups in total. The molecule has 0 aliphatic carbocycles. The van der Waals surface area contributed by atoms with Crippen molar-refractivity contribution in [3.63, 3.8) is 0 Å². The number of nitro benzene ring substituents is 1. The van der Waals surface area contributed by atoms with Gasteiger partial charge in [0.1, 0.15) is 11.5 Å². The largest absolute Gasteiger partial charge is 0.457 e. The number of anilines is 1. The van der Waals surface area contributed by atoms with Gasteiger partial charge in [-0.1, -0.05) is 12.1 Å². The number of hydrogen-bond donors (Lipinski definition) is 2. The third-order valence-electron chi connectivity index (χ3n) is 2.73. The molecule has 0 fully saturated rings. The van der Waals surface area contributed by atoms with E-state index in [2.05, 4.69) is 5.32 Å². The fraction of sp³-hybridized carbons (Fsp3) is 0.143. The number of rotatable bonds is 5. The van der Waals surface area contributed by atoms with Gasteiger partial charge in [-0.15, -0.1) is 0 Å². The number of nitro groups is 1. The van der Waals surface area contributed by atoms with Crippen molar-refractivity contribution < 1.29 is 14.8 Å². The van der Waals surface area contributed by atoms with Gasteiger partial charge < -0.3 is 15.2 Å². The maximum absolute atomic E-state index is 10.9. The van der Waals surface area contributed by atoms with Gasteiger partial charge in [-0.05, 0) is 17.7 Å². The summed E-state index contributed by atoms with van der Waals surface area (Å²) >= 11 is 0. The van der Waals surface area contributed by atoms with Crippen LogP contribution in [-0.2, 0) is 6.61 Å². The van der Waals surface area contributed by atoms with Crippen molar-refractivity contribution in [2.24, 2.45) is 0 Å². The van der Waals surface area contributed by atoms with Crippen LogP contribution >= 0.6 is 0 Å². The van der Waals surface area contributed by atoms with E-state index in [4.69, 9.17) is 9.84 Å². The Morgan fingerprint density at radius 3 is 2.45 bits per heavy atom. The highest BCUT2D eigenvalue weighted by Crippen LogP contribution is 2.29. The highest BCUT2D eigenvalue weighted by molar-refractivity contribution is 5.56. The smallest absolute Gasteiger partial charge is 0.275 e. The Morgan fingerprint density at radius 1 is 1.20 bits per heavy atom. The van der Waals surface area contributed by atoms with Crippen molar-refractivity contribution in [2.75, 3.05) is 12.4 Å². The van der Waals surface area contributed by atoms with Crippen LogP contribution in [0.25, 0.3) is 0 Å². The number of aliphatic hydroxyl groups is 1. The summed E-state index contributed by atoms with van der Waals surface area (Å²) in [4.78, 5) is 10.4. The zero-order chi connectivity index (χ0) is 14.5. The lowest BCUT2D eigenvalue weighted by Gasteiger charge is -2.08. The van der Waals surface area contributed by atoms with Crippen LogP contribution in [-0.4, -0.2) is 17.1 Å². The standard InChI is InChI=1S/C14H14N2O4/c1-15-11-6-12(16(18)19)8-14(7-11)20-13-4-2-10(9-17)3-5-13/h2-8,15,17H,9H2,1H3. The normalized spacial score (nSPS) is 10.1. The summed E-state index contributed by atoms with van der Waals surface area (Å²) in [7, 11) is 1.68. The monoisotopic (exact) mass is 274 g/mol. The second-order valence-electron chi connectivity index (χ2n) is 4.13. The van der Waals surface area contributed by atoms with Gasteiger partial charge in [0.05, 0.1) is 17.6 Å². The molecule has 2 rings (SSSR count). The minimum atomic E-state index is -0.470. The number of aliphatic hydroxyl groups excluding tert-OH is 1. The fourth-order valence-corrected chi connectivity index (χ4v) is 1.69. The average Bonchev–Trinajstić information content (AvgIpc) is 2.47. The van der Waals surface area contributed by atoms with Crippen LogP contribution in [0.15, 0.2) is 42.5 Å². The Kier molecular flexibility index (Phi) is 4.17. The quantitative estimate of drug-likeness (QED) is 0.646. The Labute approximate surface area is 115 Å². The molecule has 0 saturated carbocycles. The first-order chi connectivity index (χ1) is 9.62. The van der Waals surface area contributed by atoms with Crippen LogP contribution in [0.2, 0.25) is 0 Å². The molecule has 0 atom stereocenters. The lowest BCUT2D eigenvalue weighted by Crippen LogP contribution is -1.94. The molecule has 0 aromatic heterocycles. The molecule has 0 bridgehead atoms. The van der Waals surface area contributed by atoms with Gasteiger partial charge in [0.15, 0.2) is 0 Å². The van der Waals surface area contributed by atoms with Gasteiger partial charge in [-0.25, -0.2) is 0 Å². The summed E-state index contributed by atoms with van der Waals surface area (Å²) in [6.07, 6.45) is 0. The van der Waals surface area contributed by atoms with Crippen LogP contribution in [0.4, 0.5) is 11.4 Å². The molecule has 6 nitrogen and oxygen atoms in total. The van der Waals surface area contributed by atoms with E-state index < -0.39 is 4.92 Å². The average molecular weight is 274 g/mol. The zero-order valence-corrected chi connectivity index (χ0v) is 10.9. The fourth-order valence-electron chi connectivity index (χ4n) is 1.69. The van der Waals surface area contributed by atoms with Crippen LogP contribution in [0.1, 0.15) is 5.56 Å². The van der Waals surface area contributed by atoms with Crippen LogP contribution in [0, 0.1) is 10.1 Å². The van der Waals surface area contributed by atoms with E-state index in [1.54, 1.807) is 37.4 Å². The first kappa shape index (κ1) is 13.8. The maximum Gasteiger partial charge on any atom is 0.275 e. The van der Waals surface area contributed by atoms with Crippen molar-refractivity contribution in [3.05, 3.63) is 58.1 Å². The maximum atomic E-state index is 10.9. The molecule has 0 amide bonds. The molecule has 0 radical (unpaired) electrons. The van der Waals surface area contributed by atoms with Gasteiger partial charge in [-0.2, -0.15) is 0 Å².